The van der Waals surface area contributed by atoms with Gasteiger partial charge in [0.05, 0.1) is 23.2 Å². The van der Waals surface area contributed by atoms with E-state index >= 15 is 0 Å². The number of nitrogens with zero attached hydrogens (tertiary/aromatic N) is 2. The molecule has 11 heteroatoms. The van der Waals surface area contributed by atoms with E-state index in [1.165, 1.54) is 35.7 Å². The number of carbonyl (C=O) groups is 2. The number of hydrogen-bond donors (Lipinski definition) is 2. The lowest BCUT2D eigenvalue weighted by Crippen LogP contribution is -2.17. The van der Waals surface area contributed by atoms with Crippen LogP contribution < -0.4 is 10.6 Å². The second-order valence-corrected chi connectivity index (χ2v) is 7.82. The minimum absolute atomic E-state index is 0.0991. The molecule has 3 heterocycles. The lowest BCUT2D eigenvalue weighted by atomic mass is 10.3. The van der Waals surface area contributed by atoms with Crippen LogP contribution in [0.5, 0.6) is 0 Å². The summed E-state index contributed by atoms with van der Waals surface area (Å²) in [7, 11) is 0. The van der Waals surface area contributed by atoms with E-state index in [4.69, 9.17) is 4.42 Å². The fraction of sp³-hybridized carbons (Fsp3) is 0.188. The van der Waals surface area contributed by atoms with E-state index in [1.807, 2.05) is 19.1 Å². The molecule has 0 aliphatic heterocycles. The first kappa shape index (κ1) is 18.7. The largest absolute Gasteiger partial charge is 0.433 e. The van der Waals surface area contributed by atoms with Gasteiger partial charge in [0, 0.05) is 16.7 Å². The number of aryl methyl sites for hydroxylation is 1. The van der Waals surface area contributed by atoms with Crippen molar-refractivity contribution in [2.24, 2.45) is 0 Å². The van der Waals surface area contributed by atoms with Crippen molar-refractivity contribution in [1.29, 1.82) is 0 Å². The molecule has 140 valence electrons. The number of furan rings is 1. The maximum atomic E-state index is 12.2. The van der Waals surface area contributed by atoms with Crippen molar-refractivity contribution in [3.05, 3.63) is 49.9 Å². The van der Waals surface area contributed by atoms with Crippen molar-refractivity contribution in [1.82, 2.24) is 10.3 Å². The summed E-state index contributed by atoms with van der Waals surface area (Å²) < 4.78 is 4.88. The number of hydrogen-bond acceptors (Lipinski definition) is 8. The Bertz CT molecular complexity index is 1020. The third kappa shape index (κ3) is 4.38. The highest BCUT2D eigenvalue weighted by atomic mass is 32.1. The van der Waals surface area contributed by atoms with Gasteiger partial charge in [-0.25, -0.2) is 4.98 Å². The van der Waals surface area contributed by atoms with E-state index < -0.39 is 16.7 Å². The third-order valence-electron chi connectivity index (χ3n) is 3.42. The molecule has 9 nitrogen and oxygen atoms in total. The Balaban J connectivity index is 1.73. The monoisotopic (exact) mass is 406 g/mol. The number of nitrogens with one attached hydrogen (secondary N) is 2. The van der Waals surface area contributed by atoms with Crippen LogP contribution in [0.25, 0.3) is 10.6 Å². The summed E-state index contributed by atoms with van der Waals surface area (Å²) in [5.41, 5.74) is 0.736. The number of anilines is 1. The SMILES string of the molecule is CC(=O)NCc1ccc(-c2nc(NC(=O)c3ccc([N+](=O)[O-])o3)sc2C)s1. The second-order valence-electron chi connectivity index (χ2n) is 5.45. The van der Waals surface area contributed by atoms with Crippen molar-refractivity contribution in [2.45, 2.75) is 20.4 Å². The first-order valence-corrected chi connectivity index (χ1v) is 9.33. The molecule has 0 bridgehead atoms. The second kappa shape index (κ2) is 7.68. The highest BCUT2D eigenvalue weighted by Gasteiger charge is 2.19. The van der Waals surface area contributed by atoms with Gasteiger partial charge in [0.25, 0.3) is 5.91 Å². The molecule has 2 N–H and O–H groups in total. The lowest BCUT2D eigenvalue weighted by Gasteiger charge is -1.98. The maximum Gasteiger partial charge on any atom is 0.433 e. The topological polar surface area (TPSA) is 127 Å². The normalized spacial score (nSPS) is 10.6. The lowest BCUT2D eigenvalue weighted by molar-refractivity contribution is -0.402. The van der Waals surface area contributed by atoms with E-state index in [9.17, 15) is 19.7 Å². The van der Waals surface area contributed by atoms with Crippen molar-refractivity contribution in [2.75, 3.05) is 5.32 Å². The highest BCUT2D eigenvalue weighted by molar-refractivity contribution is 7.18. The molecule has 27 heavy (non-hydrogen) atoms. The van der Waals surface area contributed by atoms with Gasteiger partial charge in [-0.05, 0) is 25.1 Å². The summed E-state index contributed by atoms with van der Waals surface area (Å²) in [6, 6.07) is 6.18. The molecular weight excluding hydrogens is 392 g/mol. The Morgan fingerprint density at radius 1 is 1.26 bits per heavy atom. The zero-order valence-electron chi connectivity index (χ0n) is 14.3. The Labute approximate surface area is 161 Å². The van der Waals surface area contributed by atoms with Gasteiger partial charge in [0.15, 0.2) is 10.9 Å². The van der Waals surface area contributed by atoms with Gasteiger partial charge in [0.1, 0.15) is 4.92 Å². The Kier molecular flexibility index (Phi) is 5.33. The van der Waals surface area contributed by atoms with Crippen LogP contribution in [0.4, 0.5) is 11.0 Å². The summed E-state index contributed by atoms with van der Waals surface area (Å²) in [5.74, 6) is -1.37. The minimum atomic E-state index is -0.711. The van der Waals surface area contributed by atoms with Crippen LogP contribution in [-0.4, -0.2) is 21.7 Å². The average Bonchev–Trinajstić information content (AvgIpc) is 3.32. The van der Waals surface area contributed by atoms with Crippen molar-refractivity contribution in [3.8, 4) is 10.6 Å². The van der Waals surface area contributed by atoms with E-state index in [0.717, 1.165) is 26.4 Å². The molecule has 0 aliphatic carbocycles. The fourth-order valence-corrected chi connectivity index (χ4v) is 4.08. The highest BCUT2D eigenvalue weighted by Crippen LogP contribution is 2.35. The van der Waals surface area contributed by atoms with Gasteiger partial charge in [-0.15, -0.1) is 22.7 Å². The molecule has 3 aromatic heterocycles. The quantitative estimate of drug-likeness (QED) is 0.476. The smallest absolute Gasteiger partial charge is 0.395 e. The number of aromatic nitrogens is 1. The molecule has 2 amide bonds. The van der Waals surface area contributed by atoms with Gasteiger partial charge in [0.2, 0.25) is 5.91 Å². The fourth-order valence-electron chi connectivity index (χ4n) is 2.20. The van der Waals surface area contributed by atoms with E-state index in [0.29, 0.717) is 11.7 Å². The summed E-state index contributed by atoms with van der Waals surface area (Å²) in [4.78, 5) is 40.3. The molecule has 3 aromatic rings. The molecule has 0 aliphatic rings. The molecule has 0 atom stereocenters. The van der Waals surface area contributed by atoms with Crippen LogP contribution in [0.3, 0.4) is 0 Å². The Morgan fingerprint density at radius 2 is 2.04 bits per heavy atom. The van der Waals surface area contributed by atoms with Crippen molar-refractivity contribution >= 4 is 45.5 Å². The van der Waals surface area contributed by atoms with Crippen LogP contribution in [0.15, 0.2) is 28.7 Å². The third-order valence-corrected chi connectivity index (χ3v) is 5.40. The number of nitro groups is 1. The first-order valence-electron chi connectivity index (χ1n) is 7.70. The molecule has 0 saturated heterocycles. The molecule has 0 saturated carbocycles. The number of rotatable bonds is 6. The van der Waals surface area contributed by atoms with Gasteiger partial charge in [-0.1, -0.05) is 0 Å². The van der Waals surface area contributed by atoms with Gasteiger partial charge in [-0.2, -0.15) is 0 Å². The number of carbonyl (C=O) groups excluding carboxylic acids is 2. The predicted molar refractivity (Wildman–Crippen MR) is 101 cm³/mol. The number of amides is 2. The van der Waals surface area contributed by atoms with Gasteiger partial charge in [-0.3, -0.25) is 25.0 Å². The minimum Gasteiger partial charge on any atom is -0.395 e. The average molecular weight is 406 g/mol. The molecule has 0 aromatic carbocycles. The van der Waals surface area contributed by atoms with Gasteiger partial charge >= 0.3 is 5.88 Å². The summed E-state index contributed by atoms with van der Waals surface area (Å²) in [6.45, 7) is 3.79. The Morgan fingerprint density at radius 3 is 2.70 bits per heavy atom. The van der Waals surface area contributed by atoms with Crippen LogP contribution >= 0.6 is 22.7 Å². The van der Waals surface area contributed by atoms with E-state index in [1.54, 1.807) is 0 Å². The maximum absolute atomic E-state index is 12.2. The van der Waals surface area contributed by atoms with Gasteiger partial charge < -0.3 is 9.73 Å². The molecule has 0 unspecified atom stereocenters. The van der Waals surface area contributed by atoms with Crippen molar-refractivity contribution < 1.29 is 18.9 Å². The molecule has 0 fully saturated rings. The first-order chi connectivity index (χ1) is 12.8. The number of thiophene rings is 1. The van der Waals surface area contributed by atoms with Crippen molar-refractivity contribution in [3.63, 3.8) is 0 Å². The molecule has 3 rings (SSSR count). The van der Waals surface area contributed by atoms with E-state index in [2.05, 4.69) is 15.6 Å². The summed E-state index contributed by atoms with van der Waals surface area (Å²) >= 11 is 2.79. The summed E-state index contributed by atoms with van der Waals surface area (Å²) in [5, 5.41) is 16.3. The predicted octanol–water partition coefficient (Wildman–Crippen LogP) is 3.57. The van der Waals surface area contributed by atoms with Crippen LogP contribution in [0.1, 0.15) is 27.2 Å². The Hall–Kier alpha value is -3.05. The van der Waals surface area contributed by atoms with Crippen LogP contribution in [-0.2, 0) is 11.3 Å². The molecular formula is C16H14N4O5S2. The molecule has 0 spiro atoms. The van der Waals surface area contributed by atoms with Crippen LogP contribution in [0, 0.1) is 17.0 Å². The number of thiazole rings is 1. The zero-order chi connectivity index (χ0) is 19.6. The van der Waals surface area contributed by atoms with Crippen LogP contribution in [0.2, 0.25) is 0 Å². The molecule has 0 radical (unpaired) electrons. The van der Waals surface area contributed by atoms with E-state index in [-0.39, 0.29) is 11.7 Å². The summed E-state index contributed by atoms with van der Waals surface area (Å²) in [6.07, 6.45) is 0. The zero-order valence-corrected chi connectivity index (χ0v) is 15.9. The standard InChI is InChI=1S/C16H14N4O5S2/c1-8-14(12-5-3-10(27-12)7-17-9(2)21)18-16(26-8)19-15(22)11-4-6-13(25-11)20(23)24/h3-6H,7H2,1-2H3,(H,17,21)(H,18,19,22).